The van der Waals surface area contributed by atoms with Crippen molar-refractivity contribution in [2.45, 2.75) is 44.1 Å². The van der Waals surface area contributed by atoms with Gasteiger partial charge in [0.05, 0.1) is 7.11 Å². The highest BCUT2D eigenvalue weighted by molar-refractivity contribution is 5.39. The second kappa shape index (κ2) is 5.81. The van der Waals surface area contributed by atoms with E-state index < -0.39 is 29.6 Å². The van der Waals surface area contributed by atoms with E-state index in [2.05, 4.69) is 0 Å². The normalized spacial score (nSPS) is 13.4. The molecule has 0 radical (unpaired) electrons. The third-order valence-electron chi connectivity index (χ3n) is 3.44. The zero-order valence-corrected chi connectivity index (χ0v) is 12.0. The largest absolute Gasteiger partial charge is 0.496 e. The molecule has 0 aromatic heterocycles. The van der Waals surface area contributed by atoms with Gasteiger partial charge in [-0.1, -0.05) is 13.8 Å². The summed E-state index contributed by atoms with van der Waals surface area (Å²) in [7, 11) is 1.37. The summed E-state index contributed by atoms with van der Waals surface area (Å²) < 4.78 is 55.7. The Hall–Kier alpha value is -1.34. The van der Waals surface area contributed by atoms with Crippen molar-refractivity contribution in [2.24, 2.45) is 0 Å². The van der Waals surface area contributed by atoms with E-state index in [-0.39, 0.29) is 6.42 Å². The lowest BCUT2D eigenvalue weighted by Crippen LogP contribution is -2.45. The van der Waals surface area contributed by atoms with Gasteiger partial charge in [0.25, 0.3) is 5.79 Å². The number of hydrogen-bond acceptors (Lipinski definition) is 3. The molecule has 120 valence electrons. The summed E-state index contributed by atoms with van der Waals surface area (Å²) in [6.45, 7) is 3.16. The predicted molar refractivity (Wildman–Crippen MR) is 68.4 cm³/mol. The fraction of sp³-hybridized carbons (Fsp3) is 0.571. The van der Waals surface area contributed by atoms with E-state index in [0.29, 0.717) is 11.3 Å². The number of methoxy groups -OCH3 is 1. The van der Waals surface area contributed by atoms with Crippen LogP contribution in [0.4, 0.5) is 17.6 Å². The molecule has 1 aromatic rings. The lowest BCUT2D eigenvalue weighted by Gasteiger charge is -2.31. The molecule has 0 saturated heterocycles. The van der Waals surface area contributed by atoms with E-state index in [9.17, 15) is 17.6 Å². The standard InChI is InChI=1S/C14H18F4O3/c1-12(2,6-7-13(19,20)14(16,17)18)10-8-9(15)4-5-11(10)21-3/h4-5,8,19-20H,6-7H2,1-3H3. The van der Waals surface area contributed by atoms with Gasteiger partial charge in [-0.2, -0.15) is 13.2 Å². The van der Waals surface area contributed by atoms with Crippen LogP contribution in [-0.2, 0) is 5.41 Å². The average molecular weight is 310 g/mol. The lowest BCUT2D eigenvalue weighted by atomic mass is 9.78. The van der Waals surface area contributed by atoms with Crippen LogP contribution in [0.2, 0.25) is 0 Å². The molecule has 0 atom stereocenters. The zero-order chi connectivity index (χ0) is 16.5. The lowest BCUT2D eigenvalue weighted by molar-refractivity contribution is -0.351. The van der Waals surface area contributed by atoms with Crippen molar-refractivity contribution < 1.29 is 32.5 Å². The average Bonchev–Trinajstić information content (AvgIpc) is 2.35. The highest BCUT2D eigenvalue weighted by atomic mass is 19.4. The molecule has 0 bridgehead atoms. The fourth-order valence-electron chi connectivity index (χ4n) is 1.97. The smallest absolute Gasteiger partial charge is 0.442 e. The molecule has 0 spiro atoms. The Labute approximate surface area is 120 Å². The highest BCUT2D eigenvalue weighted by Gasteiger charge is 2.53. The van der Waals surface area contributed by atoms with Crippen LogP contribution < -0.4 is 4.74 Å². The van der Waals surface area contributed by atoms with E-state index in [0.717, 1.165) is 0 Å². The van der Waals surface area contributed by atoms with Crippen LogP contribution in [0, 0.1) is 5.82 Å². The number of benzene rings is 1. The van der Waals surface area contributed by atoms with Gasteiger partial charge in [0, 0.05) is 12.0 Å². The molecule has 0 saturated carbocycles. The van der Waals surface area contributed by atoms with E-state index in [1.165, 1.54) is 25.3 Å². The van der Waals surface area contributed by atoms with Crippen LogP contribution in [0.15, 0.2) is 18.2 Å². The number of halogens is 4. The van der Waals surface area contributed by atoms with Gasteiger partial charge in [-0.15, -0.1) is 0 Å². The van der Waals surface area contributed by atoms with E-state index in [1.807, 2.05) is 0 Å². The number of hydrogen-bond donors (Lipinski definition) is 2. The van der Waals surface area contributed by atoms with Crippen LogP contribution in [0.1, 0.15) is 32.3 Å². The molecule has 0 aliphatic heterocycles. The second-order valence-corrected chi connectivity index (χ2v) is 5.54. The minimum absolute atomic E-state index is 0.223. The van der Waals surface area contributed by atoms with Gasteiger partial charge in [-0.3, -0.25) is 0 Å². The second-order valence-electron chi connectivity index (χ2n) is 5.54. The topological polar surface area (TPSA) is 49.7 Å². The molecule has 0 aliphatic rings. The summed E-state index contributed by atoms with van der Waals surface area (Å²) in [6.07, 6.45) is -6.29. The van der Waals surface area contributed by atoms with Crippen LogP contribution in [0.5, 0.6) is 5.75 Å². The van der Waals surface area contributed by atoms with Crippen LogP contribution in [0.25, 0.3) is 0 Å². The van der Waals surface area contributed by atoms with Gasteiger partial charge >= 0.3 is 6.18 Å². The summed E-state index contributed by atoms with van der Waals surface area (Å²) in [6, 6.07) is 3.72. The van der Waals surface area contributed by atoms with Crippen molar-refractivity contribution in [2.75, 3.05) is 7.11 Å². The molecule has 0 unspecified atom stereocenters. The third kappa shape index (κ3) is 4.07. The van der Waals surface area contributed by atoms with Gasteiger partial charge in [0.15, 0.2) is 0 Å². The number of rotatable bonds is 5. The Morgan fingerprint density at radius 2 is 1.67 bits per heavy atom. The van der Waals surface area contributed by atoms with E-state index >= 15 is 0 Å². The zero-order valence-electron chi connectivity index (χ0n) is 12.0. The molecule has 7 heteroatoms. The molecule has 1 rings (SSSR count). The molecule has 0 fully saturated rings. The minimum atomic E-state index is -5.14. The van der Waals surface area contributed by atoms with Crippen molar-refractivity contribution in [3.05, 3.63) is 29.6 Å². The first-order valence-corrected chi connectivity index (χ1v) is 6.26. The van der Waals surface area contributed by atoms with Gasteiger partial charge in [-0.25, -0.2) is 4.39 Å². The predicted octanol–water partition coefficient (Wildman–Crippen LogP) is 3.14. The van der Waals surface area contributed by atoms with Crippen LogP contribution in [0.3, 0.4) is 0 Å². The molecule has 1 aromatic carbocycles. The quantitative estimate of drug-likeness (QED) is 0.649. The molecule has 0 amide bonds. The fourth-order valence-corrected chi connectivity index (χ4v) is 1.97. The molecule has 0 aliphatic carbocycles. The Balaban J connectivity index is 3.00. The summed E-state index contributed by atoms with van der Waals surface area (Å²) in [5.74, 6) is -3.99. The van der Waals surface area contributed by atoms with E-state index in [4.69, 9.17) is 14.9 Å². The Kier molecular flexibility index (Phi) is 4.90. The van der Waals surface area contributed by atoms with E-state index in [1.54, 1.807) is 13.8 Å². The third-order valence-corrected chi connectivity index (χ3v) is 3.44. The van der Waals surface area contributed by atoms with Gasteiger partial charge < -0.3 is 14.9 Å². The summed E-state index contributed by atoms with van der Waals surface area (Å²) in [4.78, 5) is 0. The molecule has 2 N–H and O–H groups in total. The van der Waals surface area contributed by atoms with Crippen molar-refractivity contribution in [1.82, 2.24) is 0 Å². The molecular weight excluding hydrogens is 292 g/mol. The SMILES string of the molecule is COc1ccc(F)cc1C(C)(C)CCC(O)(O)C(F)(F)F. The summed E-state index contributed by atoms with van der Waals surface area (Å²) in [5, 5.41) is 18.1. The maximum absolute atomic E-state index is 13.3. The molecular formula is C14H18F4O3. The maximum Gasteiger partial charge on any atom is 0.442 e. The monoisotopic (exact) mass is 310 g/mol. The van der Waals surface area contributed by atoms with Crippen LogP contribution in [-0.4, -0.2) is 29.3 Å². The Morgan fingerprint density at radius 1 is 1.10 bits per heavy atom. The molecule has 0 heterocycles. The van der Waals surface area contributed by atoms with Gasteiger partial charge in [0.2, 0.25) is 0 Å². The van der Waals surface area contributed by atoms with Crippen molar-refractivity contribution in [3.8, 4) is 5.75 Å². The Morgan fingerprint density at radius 3 is 2.14 bits per heavy atom. The number of alkyl halides is 3. The molecule has 21 heavy (non-hydrogen) atoms. The maximum atomic E-state index is 13.3. The first kappa shape index (κ1) is 17.7. The highest BCUT2D eigenvalue weighted by Crippen LogP contribution is 2.39. The number of aliphatic hydroxyl groups is 2. The number of ether oxygens (including phenoxy) is 1. The van der Waals surface area contributed by atoms with Gasteiger partial charge in [-0.05, 0) is 30.0 Å². The minimum Gasteiger partial charge on any atom is -0.496 e. The first-order chi connectivity index (χ1) is 9.40. The van der Waals surface area contributed by atoms with Crippen molar-refractivity contribution in [3.63, 3.8) is 0 Å². The first-order valence-electron chi connectivity index (χ1n) is 6.26. The van der Waals surface area contributed by atoms with Crippen molar-refractivity contribution >= 4 is 0 Å². The van der Waals surface area contributed by atoms with Crippen molar-refractivity contribution in [1.29, 1.82) is 0 Å². The van der Waals surface area contributed by atoms with Crippen LogP contribution >= 0.6 is 0 Å². The molecule has 3 nitrogen and oxygen atoms in total. The summed E-state index contributed by atoms with van der Waals surface area (Å²) in [5.41, 5.74) is -0.571. The Bertz CT molecular complexity index is 495. The van der Waals surface area contributed by atoms with Gasteiger partial charge in [0.1, 0.15) is 11.6 Å². The summed E-state index contributed by atoms with van der Waals surface area (Å²) >= 11 is 0.